The third kappa shape index (κ3) is 14.6. The average molecular weight is 914 g/mol. The number of carbonyl (C=O) groups excluding carboxylic acids is 1. The van der Waals surface area contributed by atoms with E-state index in [9.17, 15) is 19.1 Å². The summed E-state index contributed by atoms with van der Waals surface area (Å²) in [6.45, 7) is 12.8. The zero-order valence-corrected chi connectivity index (χ0v) is 39.7. The van der Waals surface area contributed by atoms with Crippen LogP contribution >= 0.6 is 16.4 Å². The number of hydrogen-bond donors (Lipinski definition) is 4. The maximum absolute atomic E-state index is 12.1. The van der Waals surface area contributed by atoms with Crippen molar-refractivity contribution in [1.82, 2.24) is 20.3 Å². The summed E-state index contributed by atoms with van der Waals surface area (Å²) in [4.78, 5) is 34.6. The van der Waals surface area contributed by atoms with Crippen LogP contribution in [-0.2, 0) is 45.8 Å². The van der Waals surface area contributed by atoms with E-state index in [1.807, 2.05) is 12.3 Å². The number of phosphoric acid groups is 1. The van der Waals surface area contributed by atoms with Crippen LogP contribution in [0.4, 0.5) is 5.69 Å². The third-order valence-corrected chi connectivity index (χ3v) is 13.9. The van der Waals surface area contributed by atoms with Gasteiger partial charge in [-0.2, -0.15) is 0 Å². The van der Waals surface area contributed by atoms with Crippen LogP contribution in [-0.4, -0.2) is 105 Å². The molecule has 0 saturated heterocycles. The van der Waals surface area contributed by atoms with E-state index in [1.54, 1.807) is 4.68 Å². The molecule has 0 bridgehead atoms. The molecular weight excluding hydrogens is 842 g/mol. The van der Waals surface area contributed by atoms with Gasteiger partial charge in [-0.1, -0.05) is 74.4 Å². The fourth-order valence-corrected chi connectivity index (χ4v) is 9.86. The van der Waals surface area contributed by atoms with Crippen molar-refractivity contribution in [2.45, 2.75) is 116 Å². The second-order valence-electron chi connectivity index (χ2n) is 17.4. The lowest BCUT2D eigenvalue weighted by Gasteiger charge is -2.27. The number of nitrogens with zero attached hydrogens (tertiary/aromatic N) is 5. The molecule has 0 spiro atoms. The summed E-state index contributed by atoms with van der Waals surface area (Å²) in [5.41, 5.74) is 5.22. The van der Waals surface area contributed by atoms with Gasteiger partial charge in [0.1, 0.15) is 6.54 Å². The Labute approximate surface area is 375 Å². The number of rotatable bonds is 29. The van der Waals surface area contributed by atoms with Gasteiger partial charge in [0.15, 0.2) is 11.8 Å². The first-order chi connectivity index (χ1) is 30.3. The Morgan fingerprint density at radius 3 is 2.52 bits per heavy atom. The van der Waals surface area contributed by atoms with Crippen LogP contribution in [0.5, 0.6) is 0 Å². The van der Waals surface area contributed by atoms with Crippen molar-refractivity contribution >= 4 is 33.7 Å². The molecule has 0 saturated carbocycles. The Kier molecular flexibility index (Phi) is 19.9. The van der Waals surface area contributed by atoms with Gasteiger partial charge < -0.3 is 34.2 Å². The number of benzene rings is 1. The molecule has 15 nitrogen and oxygen atoms in total. The highest BCUT2D eigenvalue weighted by Crippen LogP contribution is 2.48. The van der Waals surface area contributed by atoms with E-state index in [0.29, 0.717) is 64.4 Å². The highest BCUT2D eigenvalue weighted by molar-refractivity contribution is 7.47. The number of aliphatic hydroxyl groups is 1. The van der Waals surface area contributed by atoms with Gasteiger partial charge in [-0.05, 0) is 82.6 Å². The molecule has 3 heterocycles. The Bertz CT molecular complexity index is 1980. The first-order valence-corrected chi connectivity index (χ1v) is 25.2. The van der Waals surface area contributed by atoms with Crippen LogP contribution in [0.15, 0.2) is 78.7 Å². The largest absolute Gasteiger partial charge is 0.471 e. The zero-order chi connectivity index (χ0) is 45.3. The van der Waals surface area contributed by atoms with Gasteiger partial charge in [0.05, 0.1) is 36.8 Å². The number of para-hydroxylation sites is 1. The molecule has 2 aromatic rings. The number of phosphoric ester groups is 1. The summed E-state index contributed by atoms with van der Waals surface area (Å²) < 4.78 is 37.2. The van der Waals surface area contributed by atoms with Gasteiger partial charge in [-0.25, -0.2) is 9.14 Å². The maximum Gasteiger partial charge on any atom is 0.471 e. The second kappa shape index (κ2) is 24.8. The standard InChI is InChI=1S/C46H70N6O9P2/c1-45(2)38-21-8-10-23-40(38)51(42(45)25-16-26-43-46(3,4)39-22-9-11-24-41(39)52(43)31-19-35-61-63(56,57)58-5)30-18-34-60-62(55)59-33-15-12-20-37-36-50(49-48-37)29-17-27-44(54)47-28-13-6-7-14-32-53/h8-11,16,21-26,36,38,40,53,55H,6-7,12-15,17-20,27-35H2,1-5H3,(H-,47,54,56,57)/p+1. The molecule has 1 amide bonds. The molecule has 3 aliphatic rings. The van der Waals surface area contributed by atoms with Crippen molar-refractivity contribution in [2.24, 2.45) is 11.3 Å². The van der Waals surface area contributed by atoms with Crippen LogP contribution in [0.25, 0.3) is 0 Å². The first-order valence-electron chi connectivity index (χ1n) is 22.6. The van der Waals surface area contributed by atoms with Crippen molar-refractivity contribution in [3.05, 3.63) is 89.9 Å². The lowest BCUT2D eigenvalue weighted by atomic mass is 9.73. The number of carbonyl (C=O) groups is 1. The van der Waals surface area contributed by atoms with Crippen molar-refractivity contribution in [3.8, 4) is 0 Å². The number of aliphatic hydroxyl groups excluding tert-OH is 1. The van der Waals surface area contributed by atoms with Crippen molar-refractivity contribution < 1.29 is 46.9 Å². The van der Waals surface area contributed by atoms with Gasteiger partial charge >= 0.3 is 16.4 Å². The number of aryl methyl sites for hydroxylation is 2. The summed E-state index contributed by atoms with van der Waals surface area (Å²) in [7, 11) is -4.87. The van der Waals surface area contributed by atoms with E-state index in [4.69, 9.17) is 18.7 Å². The predicted octanol–water partition coefficient (Wildman–Crippen LogP) is 7.69. The molecule has 1 aliphatic carbocycles. The molecular formula is C46H71N6O9P2+. The summed E-state index contributed by atoms with van der Waals surface area (Å²) in [5, 5.41) is 20.3. The minimum atomic E-state index is -4.04. The Balaban J connectivity index is 1.07. The SMILES string of the molecule is COP(=O)(O)OCCCN1/C(=C/C=C/C2=[N+](CCCOP(O)OCCCCc3cn(CCCC(=O)NCCCCCCO)nn3)C3C=CC=CC3C2(C)C)C(C)(C)c2ccccc21. The summed E-state index contributed by atoms with van der Waals surface area (Å²) >= 11 is 0. The van der Waals surface area contributed by atoms with Gasteiger partial charge in [-0.3, -0.25) is 18.5 Å². The Morgan fingerprint density at radius 1 is 0.968 bits per heavy atom. The Morgan fingerprint density at radius 2 is 1.73 bits per heavy atom. The minimum absolute atomic E-state index is 0.0489. The van der Waals surface area contributed by atoms with Crippen molar-refractivity contribution in [3.63, 3.8) is 0 Å². The molecule has 0 fully saturated rings. The van der Waals surface area contributed by atoms with E-state index < -0.39 is 16.4 Å². The lowest BCUT2D eigenvalue weighted by molar-refractivity contribution is -0.550. The molecule has 1 aromatic heterocycles. The highest BCUT2D eigenvalue weighted by Gasteiger charge is 2.52. The predicted molar refractivity (Wildman–Crippen MR) is 247 cm³/mol. The monoisotopic (exact) mass is 913 g/mol. The molecule has 4 unspecified atom stereocenters. The molecule has 4 atom stereocenters. The summed E-state index contributed by atoms with van der Waals surface area (Å²) in [6.07, 6.45) is 25.8. The Hall–Kier alpha value is -3.36. The van der Waals surface area contributed by atoms with E-state index in [2.05, 4.69) is 118 Å². The zero-order valence-electron chi connectivity index (χ0n) is 37.9. The van der Waals surface area contributed by atoms with Crippen LogP contribution < -0.4 is 10.2 Å². The number of hydrogen-bond acceptors (Lipinski definition) is 11. The van der Waals surface area contributed by atoms with E-state index >= 15 is 0 Å². The number of aromatic nitrogens is 3. The van der Waals surface area contributed by atoms with Crippen molar-refractivity contribution in [2.75, 3.05) is 58.1 Å². The van der Waals surface area contributed by atoms with Gasteiger partial charge in [0.25, 0.3) is 0 Å². The number of amides is 1. The first kappa shape index (κ1) is 50.6. The lowest BCUT2D eigenvalue weighted by Crippen LogP contribution is -2.31. The average Bonchev–Trinajstić information content (AvgIpc) is 3.87. The fourth-order valence-electron chi connectivity index (χ4n) is 8.75. The molecule has 63 heavy (non-hydrogen) atoms. The smallest absolute Gasteiger partial charge is 0.396 e. The number of allylic oxidation sites excluding steroid dienone is 6. The van der Waals surface area contributed by atoms with Crippen LogP contribution in [0.1, 0.15) is 103 Å². The topological polar surface area (TPSA) is 181 Å². The van der Waals surface area contributed by atoms with Crippen molar-refractivity contribution in [1.29, 1.82) is 0 Å². The number of nitrogens with one attached hydrogen (secondary N) is 1. The molecule has 2 aliphatic heterocycles. The maximum atomic E-state index is 12.1. The van der Waals surface area contributed by atoms with E-state index in [1.165, 1.54) is 11.3 Å². The van der Waals surface area contributed by atoms with Gasteiger partial charge in [0, 0.05) is 75.3 Å². The quantitative estimate of drug-likeness (QED) is 0.0356. The van der Waals surface area contributed by atoms with E-state index in [0.717, 1.165) is 75.7 Å². The molecule has 5 rings (SSSR count). The minimum Gasteiger partial charge on any atom is -0.396 e. The third-order valence-electron chi connectivity index (χ3n) is 12.1. The van der Waals surface area contributed by atoms with E-state index in [-0.39, 0.29) is 36.0 Å². The normalized spacial score (nSPS) is 20.8. The van der Waals surface area contributed by atoms with Gasteiger partial charge in [0.2, 0.25) is 5.91 Å². The fraction of sp³-hybridized carbons (Fsp3) is 0.609. The van der Waals surface area contributed by atoms with Crippen LogP contribution in [0.3, 0.4) is 0 Å². The number of fused-ring (bicyclic) bond motifs is 2. The summed E-state index contributed by atoms with van der Waals surface area (Å²) in [6, 6.07) is 8.60. The highest BCUT2D eigenvalue weighted by atomic mass is 31.2. The van der Waals surface area contributed by atoms with Gasteiger partial charge in [-0.15, -0.1) is 5.10 Å². The molecule has 1 aromatic carbocycles. The van der Waals surface area contributed by atoms with Crippen LogP contribution in [0.2, 0.25) is 0 Å². The summed E-state index contributed by atoms with van der Waals surface area (Å²) in [5.74, 6) is 0.354. The molecule has 0 radical (unpaired) electrons. The molecule has 17 heteroatoms. The molecule has 348 valence electrons. The molecule has 4 N–H and O–H groups in total. The second-order valence-corrected chi connectivity index (χ2v) is 20.0. The number of unbranched alkanes of at least 4 members (excludes halogenated alkanes) is 4. The number of anilines is 1. The van der Waals surface area contributed by atoms with Crippen LogP contribution in [0, 0.1) is 11.3 Å².